The summed E-state index contributed by atoms with van der Waals surface area (Å²) in [6.07, 6.45) is -0.160. The molecule has 0 spiro atoms. The molecule has 0 aliphatic heterocycles. The number of aliphatic carboxylic acids is 2. The molecule has 0 aromatic heterocycles. The molecule has 4 heteroatoms. The van der Waals surface area contributed by atoms with Gasteiger partial charge in [0.15, 0.2) is 0 Å². The summed E-state index contributed by atoms with van der Waals surface area (Å²) >= 11 is 0. The molecule has 2 N–H and O–H groups in total. The fraction of sp³-hybridized carbons (Fsp3) is 0.333. The summed E-state index contributed by atoms with van der Waals surface area (Å²) in [5.41, 5.74) is -0.429. The quantitative estimate of drug-likeness (QED) is 0.796. The van der Waals surface area contributed by atoms with Crippen LogP contribution in [0.4, 0.5) is 0 Å². The van der Waals surface area contributed by atoms with Crippen molar-refractivity contribution in [3.63, 3.8) is 0 Å². The van der Waals surface area contributed by atoms with E-state index < -0.39 is 17.4 Å². The van der Waals surface area contributed by atoms with Crippen LogP contribution in [0.3, 0.4) is 0 Å². The maximum Gasteiger partial charge on any atom is 0.310 e. The molecular weight excluding hydrogens is 208 g/mol. The number of carboxylic acid groups (broad SMARTS) is 2. The third-order valence-corrected chi connectivity index (χ3v) is 2.49. The van der Waals surface area contributed by atoms with E-state index >= 15 is 0 Å². The second-order valence-electron chi connectivity index (χ2n) is 4.10. The summed E-state index contributed by atoms with van der Waals surface area (Å²) in [6, 6.07) is 9.03. The molecule has 1 atom stereocenters. The lowest BCUT2D eigenvalue weighted by Crippen LogP contribution is -2.32. The molecule has 0 bridgehead atoms. The van der Waals surface area contributed by atoms with Crippen molar-refractivity contribution in [2.75, 3.05) is 0 Å². The van der Waals surface area contributed by atoms with Gasteiger partial charge in [-0.15, -0.1) is 0 Å². The number of benzene rings is 1. The Bertz CT molecular complexity index is 385. The number of hydrogen-bond acceptors (Lipinski definition) is 2. The molecule has 86 valence electrons. The van der Waals surface area contributed by atoms with Gasteiger partial charge < -0.3 is 10.2 Å². The minimum atomic E-state index is -1.26. The van der Waals surface area contributed by atoms with Gasteiger partial charge >= 0.3 is 11.9 Å². The van der Waals surface area contributed by atoms with Gasteiger partial charge in [-0.05, 0) is 18.9 Å². The summed E-state index contributed by atoms with van der Waals surface area (Å²) in [5.74, 6) is -2.18. The van der Waals surface area contributed by atoms with Crippen LogP contribution >= 0.6 is 0 Å². The molecule has 0 saturated heterocycles. The van der Waals surface area contributed by atoms with E-state index in [0.29, 0.717) is 0 Å². The first-order valence-corrected chi connectivity index (χ1v) is 4.93. The zero-order valence-electron chi connectivity index (χ0n) is 9.01. The van der Waals surface area contributed by atoms with Crippen molar-refractivity contribution in [3.8, 4) is 0 Å². The van der Waals surface area contributed by atoms with Gasteiger partial charge in [-0.3, -0.25) is 9.59 Å². The molecule has 0 unspecified atom stereocenters. The van der Waals surface area contributed by atoms with Gasteiger partial charge in [0.25, 0.3) is 0 Å². The molecule has 0 radical (unpaired) electrons. The predicted molar refractivity (Wildman–Crippen MR) is 58.1 cm³/mol. The van der Waals surface area contributed by atoms with E-state index in [2.05, 4.69) is 0 Å². The fourth-order valence-corrected chi connectivity index (χ4v) is 1.59. The average molecular weight is 222 g/mol. The van der Waals surface area contributed by atoms with E-state index in [-0.39, 0.29) is 12.8 Å². The Balaban J connectivity index is 2.87. The van der Waals surface area contributed by atoms with Crippen molar-refractivity contribution >= 4 is 11.9 Å². The highest BCUT2D eigenvalue weighted by atomic mass is 16.4. The fourth-order valence-electron chi connectivity index (χ4n) is 1.59. The Morgan fingerprint density at radius 2 is 1.75 bits per heavy atom. The molecule has 0 amide bonds. The van der Waals surface area contributed by atoms with Crippen molar-refractivity contribution < 1.29 is 19.8 Å². The Morgan fingerprint density at radius 1 is 1.19 bits per heavy atom. The lowest BCUT2D eigenvalue weighted by Gasteiger charge is -2.22. The zero-order chi connectivity index (χ0) is 12.2. The van der Waals surface area contributed by atoms with Crippen molar-refractivity contribution in [1.29, 1.82) is 0 Å². The van der Waals surface area contributed by atoms with E-state index in [9.17, 15) is 9.59 Å². The highest BCUT2D eigenvalue weighted by molar-refractivity contribution is 5.81. The predicted octanol–water partition coefficient (Wildman–Crippen LogP) is 1.79. The summed E-state index contributed by atoms with van der Waals surface area (Å²) in [7, 11) is 0. The van der Waals surface area contributed by atoms with Gasteiger partial charge in [-0.2, -0.15) is 0 Å². The van der Waals surface area contributed by atoms with E-state index in [0.717, 1.165) is 5.56 Å². The number of rotatable bonds is 5. The van der Waals surface area contributed by atoms with Crippen LogP contribution in [0.5, 0.6) is 0 Å². The van der Waals surface area contributed by atoms with Crippen LogP contribution < -0.4 is 0 Å². The third kappa shape index (κ3) is 3.08. The van der Waals surface area contributed by atoms with Crippen molar-refractivity contribution in [1.82, 2.24) is 0 Å². The van der Waals surface area contributed by atoms with Gasteiger partial charge in [0.05, 0.1) is 11.8 Å². The third-order valence-electron chi connectivity index (χ3n) is 2.49. The molecule has 0 aliphatic rings. The number of carbonyl (C=O) groups is 2. The lowest BCUT2D eigenvalue weighted by molar-refractivity contribution is -0.154. The Hall–Kier alpha value is -1.84. The second-order valence-corrected chi connectivity index (χ2v) is 4.10. The van der Waals surface area contributed by atoms with Crippen LogP contribution in [-0.2, 0) is 16.0 Å². The number of carboxylic acids is 2. The van der Waals surface area contributed by atoms with Crippen molar-refractivity contribution in [2.45, 2.75) is 19.8 Å². The molecule has 0 saturated carbocycles. The first kappa shape index (κ1) is 12.2. The summed E-state index contributed by atoms with van der Waals surface area (Å²) < 4.78 is 0. The van der Waals surface area contributed by atoms with Crippen LogP contribution in [-0.4, -0.2) is 22.2 Å². The molecule has 0 fully saturated rings. The average Bonchev–Trinajstić information content (AvgIpc) is 2.17. The molecule has 1 rings (SSSR count). The lowest BCUT2D eigenvalue weighted by atomic mass is 9.81. The first-order chi connectivity index (χ1) is 7.44. The summed E-state index contributed by atoms with van der Waals surface area (Å²) in [4.78, 5) is 21.7. The highest BCUT2D eigenvalue weighted by Crippen LogP contribution is 2.27. The van der Waals surface area contributed by atoms with Crippen LogP contribution in [0.25, 0.3) is 0 Å². The van der Waals surface area contributed by atoms with Crippen LogP contribution in [0.1, 0.15) is 18.9 Å². The molecular formula is C12H14O4. The highest BCUT2D eigenvalue weighted by Gasteiger charge is 2.35. The SMILES string of the molecule is C[C@](CC(=O)O)(Cc1ccccc1)C(=O)O. The number of hydrogen-bond donors (Lipinski definition) is 2. The van der Waals surface area contributed by atoms with Gasteiger partial charge in [-0.25, -0.2) is 0 Å². The van der Waals surface area contributed by atoms with Gasteiger partial charge in [-0.1, -0.05) is 30.3 Å². The van der Waals surface area contributed by atoms with Gasteiger partial charge in [0.2, 0.25) is 0 Å². The van der Waals surface area contributed by atoms with E-state index in [1.54, 1.807) is 24.3 Å². The van der Waals surface area contributed by atoms with Crippen LogP contribution in [0.15, 0.2) is 30.3 Å². The first-order valence-electron chi connectivity index (χ1n) is 4.93. The largest absolute Gasteiger partial charge is 0.481 e. The zero-order valence-corrected chi connectivity index (χ0v) is 9.01. The van der Waals surface area contributed by atoms with E-state index in [1.807, 2.05) is 6.07 Å². The molecule has 0 heterocycles. The topological polar surface area (TPSA) is 74.6 Å². The maximum absolute atomic E-state index is 11.1. The minimum absolute atomic E-state index is 0.218. The molecule has 4 nitrogen and oxygen atoms in total. The van der Waals surface area contributed by atoms with E-state index in [4.69, 9.17) is 10.2 Å². The molecule has 0 aliphatic carbocycles. The maximum atomic E-state index is 11.1. The normalized spacial score (nSPS) is 14.1. The second kappa shape index (κ2) is 4.79. The molecule has 1 aromatic carbocycles. The Kier molecular flexibility index (Phi) is 3.66. The van der Waals surface area contributed by atoms with Gasteiger partial charge in [0.1, 0.15) is 0 Å². The molecule has 1 aromatic rings. The summed E-state index contributed by atoms with van der Waals surface area (Å²) in [5, 5.41) is 17.8. The molecule has 16 heavy (non-hydrogen) atoms. The minimum Gasteiger partial charge on any atom is -0.481 e. The van der Waals surface area contributed by atoms with Gasteiger partial charge in [0, 0.05) is 0 Å². The Morgan fingerprint density at radius 3 is 2.19 bits per heavy atom. The standard InChI is InChI=1S/C12H14O4/c1-12(11(15)16,8-10(13)14)7-9-5-3-2-4-6-9/h2-6H,7-8H2,1H3,(H,13,14)(H,15,16)/t12-/m1/s1. The van der Waals surface area contributed by atoms with Crippen LogP contribution in [0, 0.1) is 5.41 Å². The van der Waals surface area contributed by atoms with Crippen molar-refractivity contribution in [3.05, 3.63) is 35.9 Å². The van der Waals surface area contributed by atoms with Crippen molar-refractivity contribution in [2.24, 2.45) is 5.41 Å². The monoisotopic (exact) mass is 222 g/mol. The van der Waals surface area contributed by atoms with E-state index in [1.165, 1.54) is 6.92 Å². The van der Waals surface area contributed by atoms with Crippen LogP contribution in [0.2, 0.25) is 0 Å². The summed E-state index contributed by atoms with van der Waals surface area (Å²) in [6.45, 7) is 1.45. The Labute approximate surface area is 93.5 Å². The smallest absolute Gasteiger partial charge is 0.310 e.